The van der Waals surface area contributed by atoms with Crippen LogP contribution in [0.15, 0.2) is 0 Å². The maximum absolute atomic E-state index is 11.8. The van der Waals surface area contributed by atoms with Crippen molar-refractivity contribution in [3.05, 3.63) is 0 Å². The highest BCUT2D eigenvalue weighted by molar-refractivity contribution is 5.82. The van der Waals surface area contributed by atoms with Crippen LogP contribution in [0.4, 0.5) is 0 Å². The molecule has 3 unspecified atom stereocenters. The van der Waals surface area contributed by atoms with E-state index < -0.39 is 5.92 Å². The summed E-state index contributed by atoms with van der Waals surface area (Å²) in [6.07, 6.45) is 1.78. The molecule has 2 aliphatic rings. The summed E-state index contributed by atoms with van der Waals surface area (Å²) in [5.41, 5.74) is 0. The number of morpholine rings is 1. The average molecular weight is 194 g/mol. The minimum atomic E-state index is -0.464. The number of ether oxygens (including phenoxy) is 1. The summed E-state index contributed by atoms with van der Waals surface area (Å²) in [5, 5.41) is 8.80. The number of hydrogen-bond acceptors (Lipinski definition) is 3. The Bertz CT molecular complexity index is 284. The van der Waals surface area contributed by atoms with Crippen molar-refractivity contribution in [2.75, 3.05) is 13.2 Å². The highest BCUT2D eigenvalue weighted by atomic mass is 16.5. The van der Waals surface area contributed by atoms with Gasteiger partial charge in [-0.2, -0.15) is 5.26 Å². The normalized spacial score (nSPS) is 31.6. The van der Waals surface area contributed by atoms with E-state index in [0.717, 1.165) is 6.42 Å². The largest absolute Gasteiger partial charge is 0.374 e. The number of carbonyl (C=O) groups excluding carboxylic acids is 1. The van der Waals surface area contributed by atoms with Crippen molar-refractivity contribution < 1.29 is 9.53 Å². The molecule has 76 valence electrons. The summed E-state index contributed by atoms with van der Waals surface area (Å²) in [4.78, 5) is 13.7. The topological polar surface area (TPSA) is 53.3 Å². The molecule has 4 heteroatoms. The molecular weight excluding hydrogens is 180 g/mol. The van der Waals surface area contributed by atoms with Gasteiger partial charge in [0.2, 0.25) is 5.91 Å². The molecular formula is C10H14N2O2. The fourth-order valence-corrected chi connectivity index (χ4v) is 2.19. The predicted molar refractivity (Wildman–Crippen MR) is 49.3 cm³/mol. The lowest BCUT2D eigenvalue weighted by Gasteiger charge is -2.28. The lowest BCUT2D eigenvalue weighted by Crippen LogP contribution is -2.44. The molecule has 0 spiro atoms. The Hall–Kier alpha value is -1.08. The third kappa shape index (κ3) is 1.38. The van der Waals surface area contributed by atoms with Crippen molar-refractivity contribution in [1.29, 1.82) is 5.26 Å². The molecule has 0 aromatic carbocycles. The molecule has 2 aliphatic heterocycles. The summed E-state index contributed by atoms with van der Waals surface area (Å²) in [6.45, 7) is 3.20. The van der Waals surface area contributed by atoms with Gasteiger partial charge in [0.1, 0.15) is 5.92 Å². The first-order chi connectivity index (χ1) is 6.76. The molecule has 2 fully saturated rings. The number of fused-ring (bicyclic) bond motifs is 2. The molecule has 0 radical (unpaired) electrons. The first-order valence-corrected chi connectivity index (χ1v) is 5.08. The lowest BCUT2D eigenvalue weighted by atomic mass is 10.1. The third-order valence-corrected chi connectivity index (χ3v) is 3.05. The van der Waals surface area contributed by atoms with E-state index in [-0.39, 0.29) is 18.1 Å². The van der Waals surface area contributed by atoms with Crippen LogP contribution in [0.25, 0.3) is 0 Å². The number of rotatable bonds is 2. The van der Waals surface area contributed by atoms with E-state index >= 15 is 0 Å². The van der Waals surface area contributed by atoms with Gasteiger partial charge in [-0.15, -0.1) is 0 Å². The molecule has 2 heterocycles. The van der Waals surface area contributed by atoms with Gasteiger partial charge in [0.05, 0.1) is 24.8 Å². The van der Waals surface area contributed by atoms with Crippen molar-refractivity contribution in [3.8, 4) is 6.07 Å². The third-order valence-electron chi connectivity index (χ3n) is 3.05. The number of amides is 1. The molecule has 0 aromatic rings. The summed E-state index contributed by atoms with van der Waals surface area (Å²) in [6, 6.07) is 2.29. The van der Waals surface area contributed by atoms with Gasteiger partial charge in [-0.1, -0.05) is 6.92 Å². The fraction of sp³-hybridized carbons (Fsp3) is 0.800. The van der Waals surface area contributed by atoms with Gasteiger partial charge in [-0.25, -0.2) is 0 Å². The van der Waals surface area contributed by atoms with Gasteiger partial charge in [0.25, 0.3) is 0 Å². The molecule has 2 rings (SSSR count). The molecule has 1 amide bonds. The van der Waals surface area contributed by atoms with Crippen molar-refractivity contribution in [2.45, 2.75) is 31.9 Å². The molecule has 0 aliphatic carbocycles. The van der Waals surface area contributed by atoms with E-state index in [4.69, 9.17) is 10.00 Å². The van der Waals surface area contributed by atoms with Gasteiger partial charge >= 0.3 is 0 Å². The number of carbonyl (C=O) groups is 1. The quantitative estimate of drug-likeness (QED) is 0.644. The molecule has 2 saturated heterocycles. The molecule has 0 saturated carbocycles. The van der Waals surface area contributed by atoms with Crippen LogP contribution in [0.3, 0.4) is 0 Å². The Morgan fingerprint density at radius 1 is 1.79 bits per heavy atom. The van der Waals surface area contributed by atoms with Crippen LogP contribution in [0.1, 0.15) is 19.8 Å². The number of nitriles is 1. The minimum absolute atomic E-state index is 0.00852. The van der Waals surface area contributed by atoms with Crippen LogP contribution in [0, 0.1) is 17.2 Å². The molecule has 4 nitrogen and oxygen atoms in total. The maximum Gasteiger partial charge on any atom is 0.240 e. The van der Waals surface area contributed by atoms with Crippen molar-refractivity contribution in [1.82, 2.24) is 4.90 Å². The summed E-state index contributed by atoms with van der Waals surface area (Å²) < 4.78 is 5.40. The second-order valence-corrected chi connectivity index (χ2v) is 3.93. The Labute approximate surface area is 83.4 Å². The van der Waals surface area contributed by atoms with Gasteiger partial charge in [-0.3, -0.25) is 4.79 Å². The van der Waals surface area contributed by atoms with Gasteiger partial charge in [-0.05, 0) is 12.8 Å². The Morgan fingerprint density at radius 3 is 3.00 bits per heavy atom. The molecule has 3 atom stereocenters. The second-order valence-electron chi connectivity index (χ2n) is 3.93. The zero-order chi connectivity index (χ0) is 10.1. The average Bonchev–Trinajstić information content (AvgIpc) is 2.80. The van der Waals surface area contributed by atoms with Crippen molar-refractivity contribution in [3.63, 3.8) is 0 Å². The molecule has 0 N–H and O–H groups in total. The summed E-state index contributed by atoms with van der Waals surface area (Å²) in [7, 11) is 0. The highest BCUT2D eigenvalue weighted by Gasteiger charge is 2.42. The lowest BCUT2D eigenvalue weighted by molar-refractivity contribution is -0.138. The Kier molecular flexibility index (Phi) is 2.42. The van der Waals surface area contributed by atoms with Crippen LogP contribution in [-0.2, 0) is 9.53 Å². The summed E-state index contributed by atoms with van der Waals surface area (Å²) in [5.74, 6) is -0.472. The van der Waals surface area contributed by atoms with Crippen LogP contribution in [-0.4, -0.2) is 36.1 Å². The van der Waals surface area contributed by atoms with E-state index in [9.17, 15) is 4.79 Å². The highest BCUT2D eigenvalue weighted by Crippen LogP contribution is 2.29. The van der Waals surface area contributed by atoms with Gasteiger partial charge in [0, 0.05) is 6.54 Å². The number of hydrogen-bond donors (Lipinski definition) is 0. The zero-order valence-corrected chi connectivity index (χ0v) is 8.27. The van der Waals surface area contributed by atoms with Gasteiger partial charge in [0.15, 0.2) is 0 Å². The Morgan fingerprint density at radius 2 is 2.57 bits per heavy atom. The molecule has 14 heavy (non-hydrogen) atoms. The van der Waals surface area contributed by atoms with E-state index in [1.807, 2.05) is 11.8 Å². The molecule has 2 bridgehead atoms. The minimum Gasteiger partial charge on any atom is -0.374 e. The van der Waals surface area contributed by atoms with E-state index in [1.165, 1.54) is 0 Å². The van der Waals surface area contributed by atoms with Crippen LogP contribution in [0.2, 0.25) is 0 Å². The standard InChI is InChI=1S/C10H14N2O2/c1-2-7(4-11)10(13)12-5-9-3-8(12)6-14-9/h7-9H,2-3,5-6H2,1H3. The van der Waals surface area contributed by atoms with Crippen LogP contribution >= 0.6 is 0 Å². The van der Waals surface area contributed by atoms with Crippen LogP contribution < -0.4 is 0 Å². The summed E-state index contributed by atoms with van der Waals surface area (Å²) >= 11 is 0. The molecule has 0 aromatic heterocycles. The van der Waals surface area contributed by atoms with E-state index in [0.29, 0.717) is 19.6 Å². The van der Waals surface area contributed by atoms with Crippen LogP contribution in [0.5, 0.6) is 0 Å². The maximum atomic E-state index is 11.8. The van der Waals surface area contributed by atoms with E-state index in [2.05, 4.69) is 6.07 Å². The van der Waals surface area contributed by atoms with E-state index in [1.54, 1.807) is 0 Å². The second kappa shape index (κ2) is 3.58. The predicted octanol–water partition coefficient (Wildman–Crippen LogP) is 0.536. The first-order valence-electron chi connectivity index (χ1n) is 5.08. The van der Waals surface area contributed by atoms with Crippen molar-refractivity contribution in [2.24, 2.45) is 5.92 Å². The number of nitrogens with zero attached hydrogens (tertiary/aromatic N) is 2. The Balaban J connectivity index is 2.03. The fourth-order valence-electron chi connectivity index (χ4n) is 2.19. The number of likely N-dealkylation sites (tertiary alicyclic amines) is 1. The monoisotopic (exact) mass is 194 g/mol. The smallest absolute Gasteiger partial charge is 0.240 e. The van der Waals surface area contributed by atoms with Gasteiger partial charge < -0.3 is 9.64 Å². The zero-order valence-electron chi connectivity index (χ0n) is 8.27. The van der Waals surface area contributed by atoms with Crippen molar-refractivity contribution >= 4 is 5.91 Å². The SMILES string of the molecule is CCC(C#N)C(=O)N1CC2CC1CO2. The first kappa shape index (κ1) is 9.47.